The van der Waals surface area contributed by atoms with E-state index in [2.05, 4.69) is 30.7 Å². The lowest BCUT2D eigenvalue weighted by Gasteiger charge is -2.36. The molecule has 0 bridgehead atoms. The van der Waals surface area contributed by atoms with Gasteiger partial charge in [0.25, 0.3) is 5.91 Å². The average molecular weight is 354 g/mol. The molecule has 2 aromatic carbocycles. The van der Waals surface area contributed by atoms with Crippen LogP contribution in [0.25, 0.3) is 0 Å². The zero-order valence-electron chi connectivity index (χ0n) is 14.3. The van der Waals surface area contributed by atoms with E-state index in [9.17, 15) is 4.79 Å². The molecular weight excluding hydrogens is 334 g/mol. The quantitative estimate of drug-likeness (QED) is 0.848. The summed E-state index contributed by atoms with van der Waals surface area (Å²) in [6.45, 7) is 4.83. The van der Waals surface area contributed by atoms with Gasteiger partial charge in [0.2, 0.25) is 0 Å². The Balaban J connectivity index is 1.64. The largest absolute Gasteiger partial charge is 0.357 e. The average Bonchev–Trinajstić information content (AvgIpc) is 2.60. The Kier molecular flexibility index (Phi) is 3.92. The van der Waals surface area contributed by atoms with Gasteiger partial charge in [-0.15, -0.1) is 0 Å². The monoisotopic (exact) mass is 353 g/mol. The molecule has 25 heavy (non-hydrogen) atoms. The topological polar surface area (TPSA) is 44.4 Å². The Labute approximate surface area is 152 Å². The maximum atomic E-state index is 12.6. The molecule has 4 rings (SSSR count). The second-order valence-corrected chi connectivity index (χ2v) is 7.22. The third-order valence-corrected chi connectivity index (χ3v) is 5.09. The molecule has 0 atom stereocenters. The number of anilines is 2. The van der Waals surface area contributed by atoms with E-state index in [1.165, 1.54) is 5.56 Å². The van der Waals surface area contributed by atoms with Gasteiger partial charge < -0.3 is 5.32 Å². The van der Waals surface area contributed by atoms with Gasteiger partial charge in [0.1, 0.15) is 0 Å². The van der Waals surface area contributed by atoms with Gasteiger partial charge in [0, 0.05) is 23.4 Å². The lowest BCUT2D eigenvalue weighted by Crippen LogP contribution is -2.50. The molecular formula is C20H20ClN3O. The SMILES string of the molecule is CC(C)c1ccc(N2CC3=C(Cc4ccccc4N3)C(=O)N2)c(Cl)c1. The summed E-state index contributed by atoms with van der Waals surface area (Å²) in [4.78, 5) is 12.6. The lowest BCUT2D eigenvalue weighted by molar-refractivity contribution is -0.118. The molecule has 1 amide bonds. The molecule has 128 valence electrons. The van der Waals surface area contributed by atoms with Crippen LogP contribution >= 0.6 is 11.6 Å². The Morgan fingerprint density at radius 1 is 1.16 bits per heavy atom. The third-order valence-electron chi connectivity index (χ3n) is 4.79. The number of carbonyl (C=O) groups is 1. The highest BCUT2D eigenvalue weighted by atomic mass is 35.5. The molecule has 2 aliphatic heterocycles. The second kappa shape index (κ2) is 6.12. The summed E-state index contributed by atoms with van der Waals surface area (Å²) in [6.07, 6.45) is 0.651. The number of para-hydroxylation sites is 1. The van der Waals surface area contributed by atoms with Gasteiger partial charge >= 0.3 is 0 Å². The third kappa shape index (κ3) is 2.87. The van der Waals surface area contributed by atoms with Gasteiger partial charge in [-0.05, 0) is 35.2 Å². The summed E-state index contributed by atoms with van der Waals surface area (Å²) >= 11 is 6.48. The van der Waals surface area contributed by atoms with E-state index in [1.807, 2.05) is 41.4 Å². The van der Waals surface area contributed by atoms with Crippen molar-refractivity contribution >= 4 is 28.9 Å². The molecule has 0 unspecified atom stereocenters. The predicted octanol–water partition coefficient (Wildman–Crippen LogP) is 4.24. The Morgan fingerprint density at radius 3 is 2.72 bits per heavy atom. The van der Waals surface area contributed by atoms with Crippen molar-refractivity contribution in [3.8, 4) is 0 Å². The number of rotatable bonds is 2. The summed E-state index contributed by atoms with van der Waals surface area (Å²) in [5, 5.41) is 5.87. The molecule has 0 aliphatic carbocycles. The first-order valence-electron chi connectivity index (χ1n) is 8.48. The minimum atomic E-state index is -0.0766. The van der Waals surface area contributed by atoms with Crippen molar-refractivity contribution in [2.75, 3.05) is 16.9 Å². The summed E-state index contributed by atoms with van der Waals surface area (Å²) in [5.74, 6) is 0.334. The zero-order chi connectivity index (χ0) is 17.6. The summed E-state index contributed by atoms with van der Waals surface area (Å²) in [5.41, 5.74) is 8.90. The van der Waals surface area contributed by atoms with Crippen LogP contribution in [0.4, 0.5) is 11.4 Å². The number of hydrogen-bond donors (Lipinski definition) is 2. The lowest BCUT2D eigenvalue weighted by atomic mass is 9.95. The predicted molar refractivity (Wildman–Crippen MR) is 102 cm³/mol. The number of halogens is 1. The van der Waals surface area contributed by atoms with Crippen LogP contribution < -0.4 is 15.8 Å². The minimum absolute atomic E-state index is 0.0766. The van der Waals surface area contributed by atoms with Crippen LogP contribution in [0.2, 0.25) is 5.02 Å². The Bertz CT molecular complexity index is 888. The van der Waals surface area contributed by atoms with Crippen molar-refractivity contribution in [1.29, 1.82) is 0 Å². The van der Waals surface area contributed by atoms with E-state index in [0.717, 1.165) is 28.2 Å². The van der Waals surface area contributed by atoms with Crippen molar-refractivity contribution in [2.24, 2.45) is 0 Å². The van der Waals surface area contributed by atoms with E-state index in [0.29, 0.717) is 23.9 Å². The van der Waals surface area contributed by atoms with Crippen LogP contribution in [-0.2, 0) is 11.2 Å². The highest BCUT2D eigenvalue weighted by Crippen LogP contribution is 2.34. The zero-order valence-corrected chi connectivity index (χ0v) is 15.0. The first-order valence-corrected chi connectivity index (χ1v) is 8.85. The smallest absolute Gasteiger partial charge is 0.267 e. The van der Waals surface area contributed by atoms with Crippen molar-refractivity contribution in [1.82, 2.24) is 5.43 Å². The molecule has 2 aliphatic rings. The molecule has 2 N–H and O–H groups in total. The van der Waals surface area contributed by atoms with Crippen LogP contribution in [0.3, 0.4) is 0 Å². The highest BCUT2D eigenvalue weighted by molar-refractivity contribution is 6.33. The van der Waals surface area contributed by atoms with Gasteiger partial charge in [0.15, 0.2) is 0 Å². The number of nitrogens with one attached hydrogen (secondary N) is 2. The van der Waals surface area contributed by atoms with E-state index in [-0.39, 0.29) is 5.91 Å². The van der Waals surface area contributed by atoms with Crippen LogP contribution in [-0.4, -0.2) is 12.5 Å². The molecule has 4 nitrogen and oxygen atoms in total. The maximum Gasteiger partial charge on any atom is 0.267 e. The van der Waals surface area contributed by atoms with Crippen molar-refractivity contribution in [3.63, 3.8) is 0 Å². The number of hydrazine groups is 1. The van der Waals surface area contributed by atoms with Gasteiger partial charge in [-0.25, -0.2) is 0 Å². The fraction of sp³-hybridized carbons (Fsp3) is 0.250. The van der Waals surface area contributed by atoms with E-state index >= 15 is 0 Å². The first kappa shape index (κ1) is 16.0. The maximum absolute atomic E-state index is 12.6. The van der Waals surface area contributed by atoms with Crippen molar-refractivity contribution in [3.05, 3.63) is 69.9 Å². The van der Waals surface area contributed by atoms with Crippen molar-refractivity contribution in [2.45, 2.75) is 26.2 Å². The number of fused-ring (bicyclic) bond motifs is 1. The highest BCUT2D eigenvalue weighted by Gasteiger charge is 2.30. The van der Waals surface area contributed by atoms with E-state index in [1.54, 1.807) is 0 Å². The number of hydrogen-bond acceptors (Lipinski definition) is 3. The van der Waals surface area contributed by atoms with Crippen LogP contribution in [0, 0.1) is 0 Å². The molecule has 5 heteroatoms. The molecule has 0 fully saturated rings. The van der Waals surface area contributed by atoms with Crippen LogP contribution in [0.1, 0.15) is 30.9 Å². The molecule has 2 heterocycles. The summed E-state index contributed by atoms with van der Waals surface area (Å²) in [7, 11) is 0. The molecule has 0 saturated heterocycles. The fourth-order valence-electron chi connectivity index (χ4n) is 3.32. The molecule has 0 saturated carbocycles. The minimum Gasteiger partial charge on any atom is -0.357 e. The number of benzene rings is 2. The van der Waals surface area contributed by atoms with Gasteiger partial charge in [0.05, 0.1) is 17.3 Å². The Morgan fingerprint density at radius 2 is 1.96 bits per heavy atom. The fourth-order valence-corrected chi connectivity index (χ4v) is 3.61. The number of amides is 1. The molecule has 2 aromatic rings. The van der Waals surface area contributed by atoms with Crippen molar-refractivity contribution < 1.29 is 4.79 Å². The standard InChI is InChI=1S/C20H20ClN3O/c1-12(2)13-7-8-19(16(21)10-13)24-11-18-15(20(25)23-24)9-14-5-3-4-6-17(14)22-18/h3-8,10,12,22H,9,11H2,1-2H3,(H,23,25). The molecule has 0 spiro atoms. The molecule has 0 radical (unpaired) electrons. The normalized spacial score (nSPS) is 16.3. The summed E-state index contributed by atoms with van der Waals surface area (Å²) < 4.78 is 0. The van der Waals surface area contributed by atoms with Gasteiger partial charge in [-0.1, -0.05) is 49.7 Å². The van der Waals surface area contributed by atoms with Gasteiger partial charge in [-0.3, -0.25) is 15.2 Å². The van der Waals surface area contributed by atoms with Gasteiger partial charge in [-0.2, -0.15) is 0 Å². The Hall–Kier alpha value is -2.46. The number of nitrogens with zero attached hydrogens (tertiary/aromatic N) is 1. The summed E-state index contributed by atoms with van der Waals surface area (Å²) in [6, 6.07) is 14.1. The second-order valence-electron chi connectivity index (χ2n) is 6.81. The van der Waals surface area contributed by atoms with Crippen LogP contribution in [0.5, 0.6) is 0 Å². The van der Waals surface area contributed by atoms with E-state index < -0.39 is 0 Å². The first-order chi connectivity index (χ1) is 12.0. The molecule has 0 aromatic heterocycles. The van der Waals surface area contributed by atoms with Crippen LogP contribution in [0.15, 0.2) is 53.7 Å². The number of carbonyl (C=O) groups excluding carboxylic acids is 1. The van der Waals surface area contributed by atoms with E-state index in [4.69, 9.17) is 11.6 Å².